The van der Waals surface area contributed by atoms with Crippen molar-refractivity contribution in [3.63, 3.8) is 0 Å². The molecule has 0 saturated heterocycles. The third-order valence-corrected chi connectivity index (χ3v) is 2.20. The maximum atomic E-state index is 10.9. The van der Waals surface area contributed by atoms with Crippen LogP contribution in [0.25, 0.3) is 0 Å². The van der Waals surface area contributed by atoms with Gasteiger partial charge in [0.2, 0.25) is 0 Å². The highest BCUT2D eigenvalue weighted by Crippen LogP contribution is 2.26. The summed E-state index contributed by atoms with van der Waals surface area (Å²) in [5.41, 5.74) is 4.76. The summed E-state index contributed by atoms with van der Waals surface area (Å²) in [5, 5.41) is 4.01. The number of hydrogen-bond donors (Lipinski definition) is 1. The van der Waals surface area contributed by atoms with E-state index in [1.165, 1.54) is 6.08 Å². The molecule has 0 aliphatic carbocycles. The Balaban J connectivity index is 2.33. The van der Waals surface area contributed by atoms with E-state index in [2.05, 4.69) is 10.5 Å². The van der Waals surface area contributed by atoms with E-state index in [-0.39, 0.29) is 18.1 Å². The van der Waals surface area contributed by atoms with Crippen LogP contribution in [0.5, 0.6) is 0 Å². The Bertz CT molecular complexity index is 293. The summed E-state index contributed by atoms with van der Waals surface area (Å²) >= 11 is 0. The summed E-state index contributed by atoms with van der Waals surface area (Å²) in [6.45, 7) is 3.85. The molecule has 2 aliphatic heterocycles. The lowest BCUT2D eigenvalue weighted by Gasteiger charge is -2.23. The van der Waals surface area contributed by atoms with Gasteiger partial charge in [0.25, 0.3) is 0 Å². The molecule has 0 saturated carbocycles. The second-order valence-electron chi connectivity index (χ2n) is 3.11. The molecular weight excluding hydrogens is 156 g/mol. The maximum Gasteiger partial charge on any atom is 0.332 e. The van der Waals surface area contributed by atoms with Crippen LogP contribution in [-0.4, -0.2) is 17.9 Å². The number of fused-ring (bicyclic) bond motifs is 1. The highest BCUT2D eigenvalue weighted by atomic mass is 16.6. The average molecular weight is 166 g/mol. The van der Waals surface area contributed by atoms with Crippen molar-refractivity contribution in [3.05, 3.63) is 11.6 Å². The lowest BCUT2D eigenvalue weighted by Crippen LogP contribution is -2.37. The van der Waals surface area contributed by atoms with Crippen LogP contribution in [0.2, 0.25) is 0 Å². The van der Waals surface area contributed by atoms with Gasteiger partial charge in [0.15, 0.2) is 6.23 Å². The van der Waals surface area contributed by atoms with Gasteiger partial charge in [0.05, 0.1) is 5.92 Å². The third-order valence-electron chi connectivity index (χ3n) is 2.20. The molecule has 4 nitrogen and oxygen atoms in total. The summed E-state index contributed by atoms with van der Waals surface area (Å²) in [7, 11) is 0. The largest absolute Gasteiger partial charge is 0.436 e. The van der Waals surface area contributed by atoms with E-state index in [0.717, 1.165) is 11.3 Å². The predicted octanol–water partition coefficient (Wildman–Crippen LogP) is 0.411. The molecule has 2 atom stereocenters. The van der Waals surface area contributed by atoms with Gasteiger partial charge in [-0.1, -0.05) is 5.57 Å². The molecule has 0 aromatic heterocycles. The lowest BCUT2D eigenvalue weighted by molar-refractivity contribution is -0.146. The molecule has 0 spiro atoms. The first kappa shape index (κ1) is 7.34. The Morgan fingerprint density at radius 3 is 3.08 bits per heavy atom. The van der Waals surface area contributed by atoms with Crippen molar-refractivity contribution < 1.29 is 9.53 Å². The first-order chi connectivity index (χ1) is 5.68. The zero-order valence-electron chi connectivity index (χ0n) is 7.00. The SMILES string of the molecule is CC1=CC(=O)OC2NN=C(C)C12. The molecule has 2 rings (SSSR count). The van der Waals surface area contributed by atoms with Gasteiger partial charge in [-0.05, 0) is 13.8 Å². The number of carbonyl (C=O) groups excluding carboxylic acids is 1. The number of hydrogen-bond acceptors (Lipinski definition) is 4. The summed E-state index contributed by atoms with van der Waals surface area (Å²) in [6.07, 6.45) is 1.25. The molecule has 0 fully saturated rings. The first-order valence-corrected chi connectivity index (χ1v) is 3.87. The quantitative estimate of drug-likeness (QED) is 0.530. The lowest BCUT2D eigenvalue weighted by atomic mass is 9.93. The number of carbonyl (C=O) groups is 1. The van der Waals surface area contributed by atoms with E-state index in [1.54, 1.807) is 0 Å². The fourth-order valence-corrected chi connectivity index (χ4v) is 1.63. The Kier molecular flexibility index (Phi) is 1.43. The molecule has 0 amide bonds. The van der Waals surface area contributed by atoms with Crippen molar-refractivity contribution in [1.29, 1.82) is 0 Å². The van der Waals surface area contributed by atoms with Gasteiger partial charge in [-0.3, -0.25) is 5.43 Å². The van der Waals surface area contributed by atoms with Crippen LogP contribution in [0.4, 0.5) is 0 Å². The van der Waals surface area contributed by atoms with Crippen LogP contribution in [-0.2, 0) is 9.53 Å². The molecular formula is C8H10N2O2. The number of hydrazone groups is 1. The van der Waals surface area contributed by atoms with E-state index < -0.39 is 0 Å². The Labute approximate surface area is 70.3 Å². The molecule has 0 radical (unpaired) electrons. The first-order valence-electron chi connectivity index (χ1n) is 3.87. The second-order valence-corrected chi connectivity index (χ2v) is 3.11. The van der Waals surface area contributed by atoms with Crippen molar-refractivity contribution in [2.75, 3.05) is 0 Å². The molecule has 2 aliphatic rings. The van der Waals surface area contributed by atoms with Crippen LogP contribution in [0.15, 0.2) is 16.8 Å². The molecule has 12 heavy (non-hydrogen) atoms. The third kappa shape index (κ3) is 0.913. The standard InChI is InChI=1S/C8H10N2O2/c1-4-3-6(11)12-8-7(4)5(2)9-10-8/h3,7-8,10H,1-2H3. The maximum absolute atomic E-state index is 10.9. The average Bonchev–Trinajstić information content (AvgIpc) is 2.31. The van der Waals surface area contributed by atoms with E-state index in [0.29, 0.717) is 0 Å². The van der Waals surface area contributed by atoms with Crippen molar-refractivity contribution in [2.45, 2.75) is 20.1 Å². The van der Waals surface area contributed by atoms with E-state index in [9.17, 15) is 4.79 Å². The van der Waals surface area contributed by atoms with Crippen LogP contribution in [0.3, 0.4) is 0 Å². The number of nitrogens with zero attached hydrogens (tertiary/aromatic N) is 1. The highest BCUT2D eigenvalue weighted by Gasteiger charge is 2.36. The highest BCUT2D eigenvalue weighted by molar-refractivity contribution is 5.93. The molecule has 1 N–H and O–H groups in total. The van der Waals surface area contributed by atoms with E-state index in [1.807, 2.05) is 13.8 Å². The number of ether oxygens (including phenoxy) is 1. The molecule has 0 bridgehead atoms. The zero-order chi connectivity index (χ0) is 8.72. The van der Waals surface area contributed by atoms with Gasteiger partial charge in [-0.2, -0.15) is 5.10 Å². The summed E-state index contributed by atoms with van der Waals surface area (Å²) in [5.74, 6) is -0.145. The predicted molar refractivity (Wildman–Crippen MR) is 43.4 cm³/mol. The summed E-state index contributed by atoms with van der Waals surface area (Å²) in [4.78, 5) is 10.9. The van der Waals surface area contributed by atoms with Gasteiger partial charge < -0.3 is 4.74 Å². The Morgan fingerprint density at radius 2 is 2.33 bits per heavy atom. The van der Waals surface area contributed by atoms with Crippen LogP contribution < -0.4 is 5.43 Å². The van der Waals surface area contributed by atoms with Gasteiger partial charge in [0, 0.05) is 11.8 Å². The minimum atomic E-state index is -0.286. The summed E-state index contributed by atoms with van der Waals surface area (Å²) < 4.78 is 5.01. The van der Waals surface area contributed by atoms with E-state index in [4.69, 9.17) is 4.74 Å². The molecule has 0 aromatic carbocycles. The second kappa shape index (κ2) is 2.33. The molecule has 4 heteroatoms. The molecule has 64 valence electrons. The normalized spacial score (nSPS) is 33.0. The zero-order valence-corrected chi connectivity index (χ0v) is 7.00. The Morgan fingerprint density at radius 1 is 1.58 bits per heavy atom. The van der Waals surface area contributed by atoms with Crippen molar-refractivity contribution in [1.82, 2.24) is 5.43 Å². The minimum absolute atomic E-state index is 0.141. The smallest absolute Gasteiger partial charge is 0.332 e. The Hall–Kier alpha value is -1.32. The van der Waals surface area contributed by atoms with Crippen LogP contribution in [0.1, 0.15) is 13.8 Å². The summed E-state index contributed by atoms with van der Waals surface area (Å²) in [6, 6.07) is 0. The fourth-order valence-electron chi connectivity index (χ4n) is 1.63. The van der Waals surface area contributed by atoms with Gasteiger partial charge in [-0.25, -0.2) is 4.79 Å². The van der Waals surface area contributed by atoms with Gasteiger partial charge in [-0.15, -0.1) is 0 Å². The fraction of sp³-hybridized carbons (Fsp3) is 0.500. The van der Waals surface area contributed by atoms with Crippen molar-refractivity contribution >= 4 is 11.7 Å². The molecule has 2 heterocycles. The number of esters is 1. The van der Waals surface area contributed by atoms with Gasteiger partial charge in [0.1, 0.15) is 0 Å². The number of nitrogens with one attached hydrogen (secondary N) is 1. The van der Waals surface area contributed by atoms with E-state index >= 15 is 0 Å². The van der Waals surface area contributed by atoms with Crippen LogP contribution in [0, 0.1) is 5.92 Å². The van der Waals surface area contributed by atoms with Gasteiger partial charge >= 0.3 is 5.97 Å². The molecule has 2 unspecified atom stereocenters. The number of rotatable bonds is 0. The monoisotopic (exact) mass is 166 g/mol. The van der Waals surface area contributed by atoms with Crippen molar-refractivity contribution in [3.8, 4) is 0 Å². The van der Waals surface area contributed by atoms with Crippen LogP contribution >= 0.6 is 0 Å². The minimum Gasteiger partial charge on any atom is -0.436 e. The molecule has 0 aromatic rings. The topological polar surface area (TPSA) is 50.7 Å². The van der Waals surface area contributed by atoms with Crippen molar-refractivity contribution in [2.24, 2.45) is 11.0 Å².